The van der Waals surface area contributed by atoms with Crippen molar-refractivity contribution in [1.29, 1.82) is 0 Å². The summed E-state index contributed by atoms with van der Waals surface area (Å²) >= 11 is 0. The van der Waals surface area contributed by atoms with Crippen LogP contribution in [0.15, 0.2) is 24.3 Å². The number of rotatable bonds is 4. The largest absolute Gasteiger partial charge is 0.493 e. The fraction of sp³-hybridized carbons (Fsp3) is 0.600. The van der Waals surface area contributed by atoms with Crippen LogP contribution in [-0.4, -0.2) is 19.2 Å². The highest BCUT2D eigenvalue weighted by Gasteiger charge is 2.22. The molecule has 0 saturated carbocycles. The van der Waals surface area contributed by atoms with E-state index in [1.165, 1.54) is 18.4 Å². The van der Waals surface area contributed by atoms with Crippen LogP contribution in [0.5, 0.6) is 5.75 Å². The molecule has 17 heavy (non-hydrogen) atoms. The van der Waals surface area contributed by atoms with Gasteiger partial charge >= 0.3 is 0 Å². The molecule has 1 N–H and O–H groups in total. The Labute approximate surface area is 104 Å². The van der Waals surface area contributed by atoms with E-state index in [1.807, 2.05) is 0 Å². The summed E-state index contributed by atoms with van der Waals surface area (Å²) in [7, 11) is 0. The molecular formula is C15H23NO. The summed E-state index contributed by atoms with van der Waals surface area (Å²) in [6.07, 6.45) is 3.50. The van der Waals surface area contributed by atoms with E-state index >= 15 is 0 Å². The van der Waals surface area contributed by atoms with E-state index in [1.54, 1.807) is 0 Å². The Kier molecular flexibility index (Phi) is 4.43. The molecule has 2 nitrogen and oxygen atoms in total. The maximum absolute atomic E-state index is 5.85. The van der Waals surface area contributed by atoms with Crippen molar-refractivity contribution in [2.75, 3.05) is 13.2 Å². The van der Waals surface area contributed by atoms with Crippen LogP contribution in [0, 0.1) is 0 Å². The molecule has 94 valence electrons. The predicted molar refractivity (Wildman–Crippen MR) is 71.7 cm³/mol. The van der Waals surface area contributed by atoms with Crippen molar-refractivity contribution in [2.45, 2.75) is 45.1 Å². The molecule has 0 radical (unpaired) electrons. The van der Waals surface area contributed by atoms with E-state index < -0.39 is 0 Å². The lowest BCUT2D eigenvalue weighted by atomic mass is 9.86. The minimum Gasteiger partial charge on any atom is -0.493 e. The summed E-state index contributed by atoms with van der Waals surface area (Å²) in [4.78, 5) is 0. The third-order valence-corrected chi connectivity index (χ3v) is 3.44. The minimum atomic E-state index is 0.619. The zero-order chi connectivity index (χ0) is 12.1. The van der Waals surface area contributed by atoms with Crippen molar-refractivity contribution < 1.29 is 4.74 Å². The second-order valence-electron chi connectivity index (χ2n) is 4.96. The molecule has 1 aliphatic rings. The van der Waals surface area contributed by atoms with E-state index in [9.17, 15) is 0 Å². The van der Waals surface area contributed by atoms with E-state index in [0.29, 0.717) is 12.0 Å². The Morgan fingerprint density at radius 1 is 1.35 bits per heavy atom. The van der Waals surface area contributed by atoms with Crippen LogP contribution in [0.25, 0.3) is 0 Å². The highest BCUT2D eigenvalue weighted by Crippen LogP contribution is 2.33. The molecule has 1 aromatic rings. The van der Waals surface area contributed by atoms with Crippen LogP contribution in [0.2, 0.25) is 0 Å². The number of hydrogen-bond donors (Lipinski definition) is 1. The number of ether oxygens (including phenoxy) is 1. The van der Waals surface area contributed by atoms with Gasteiger partial charge in [-0.3, -0.25) is 0 Å². The second-order valence-corrected chi connectivity index (χ2v) is 4.96. The standard InChI is InChI=1S/C15H23NO/c1-3-10-17-15-7-5-4-6-14(15)13-8-9-16-12(2)11-13/h4-7,12-13,16H,3,8-11H2,1-2H3. The number of para-hydroxylation sites is 1. The third-order valence-electron chi connectivity index (χ3n) is 3.44. The maximum atomic E-state index is 5.85. The van der Waals surface area contributed by atoms with E-state index in [2.05, 4.69) is 43.4 Å². The molecule has 2 rings (SSSR count). The normalized spacial score (nSPS) is 24.6. The van der Waals surface area contributed by atoms with Gasteiger partial charge in [0.1, 0.15) is 5.75 Å². The molecule has 0 aliphatic carbocycles. The van der Waals surface area contributed by atoms with Crippen LogP contribution in [0.4, 0.5) is 0 Å². The van der Waals surface area contributed by atoms with Crippen LogP contribution >= 0.6 is 0 Å². The van der Waals surface area contributed by atoms with Crippen molar-refractivity contribution in [1.82, 2.24) is 5.32 Å². The van der Waals surface area contributed by atoms with Crippen LogP contribution in [-0.2, 0) is 0 Å². The van der Waals surface area contributed by atoms with Gasteiger partial charge in [0, 0.05) is 6.04 Å². The molecule has 1 saturated heterocycles. The van der Waals surface area contributed by atoms with Crippen molar-refractivity contribution in [2.24, 2.45) is 0 Å². The quantitative estimate of drug-likeness (QED) is 0.861. The average Bonchev–Trinajstić information content (AvgIpc) is 2.37. The summed E-state index contributed by atoms with van der Waals surface area (Å²) in [6, 6.07) is 9.15. The lowest BCUT2D eigenvalue weighted by molar-refractivity contribution is 0.304. The van der Waals surface area contributed by atoms with E-state index in [0.717, 1.165) is 25.3 Å². The molecule has 2 unspecified atom stereocenters. The van der Waals surface area contributed by atoms with Gasteiger partial charge in [0.15, 0.2) is 0 Å². The fourth-order valence-electron chi connectivity index (χ4n) is 2.58. The topological polar surface area (TPSA) is 21.3 Å². The molecule has 1 heterocycles. The Hall–Kier alpha value is -1.02. The van der Waals surface area contributed by atoms with Gasteiger partial charge in [-0.25, -0.2) is 0 Å². The molecule has 1 aliphatic heterocycles. The van der Waals surface area contributed by atoms with Gasteiger partial charge in [-0.2, -0.15) is 0 Å². The van der Waals surface area contributed by atoms with Gasteiger partial charge in [-0.05, 0) is 50.3 Å². The minimum absolute atomic E-state index is 0.619. The highest BCUT2D eigenvalue weighted by molar-refractivity contribution is 5.36. The first-order valence-corrected chi connectivity index (χ1v) is 6.76. The Morgan fingerprint density at radius 3 is 2.94 bits per heavy atom. The number of hydrogen-bond acceptors (Lipinski definition) is 2. The smallest absolute Gasteiger partial charge is 0.122 e. The molecule has 0 spiro atoms. The first-order chi connectivity index (χ1) is 8.31. The van der Waals surface area contributed by atoms with Gasteiger partial charge in [0.25, 0.3) is 0 Å². The van der Waals surface area contributed by atoms with Crippen molar-refractivity contribution in [3.63, 3.8) is 0 Å². The van der Waals surface area contributed by atoms with Gasteiger partial charge in [-0.15, -0.1) is 0 Å². The van der Waals surface area contributed by atoms with Gasteiger partial charge < -0.3 is 10.1 Å². The zero-order valence-electron chi connectivity index (χ0n) is 10.9. The van der Waals surface area contributed by atoms with Gasteiger partial charge in [-0.1, -0.05) is 25.1 Å². The molecule has 0 amide bonds. The average molecular weight is 233 g/mol. The molecular weight excluding hydrogens is 210 g/mol. The summed E-state index contributed by atoms with van der Waals surface area (Å²) < 4.78 is 5.85. The zero-order valence-corrected chi connectivity index (χ0v) is 10.9. The second kappa shape index (κ2) is 6.06. The maximum Gasteiger partial charge on any atom is 0.122 e. The first kappa shape index (κ1) is 12.4. The molecule has 2 atom stereocenters. The third kappa shape index (κ3) is 3.22. The highest BCUT2D eigenvalue weighted by atomic mass is 16.5. The van der Waals surface area contributed by atoms with Crippen LogP contribution < -0.4 is 10.1 Å². The lowest BCUT2D eigenvalue weighted by Crippen LogP contribution is -2.34. The number of nitrogens with one attached hydrogen (secondary N) is 1. The van der Waals surface area contributed by atoms with E-state index in [4.69, 9.17) is 4.74 Å². The fourth-order valence-corrected chi connectivity index (χ4v) is 2.58. The van der Waals surface area contributed by atoms with Crippen molar-refractivity contribution >= 4 is 0 Å². The summed E-state index contributed by atoms with van der Waals surface area (Å²) in [5.41, 5.74) is 1.40. The van der Waals surface area contributed by atoms with Gasteiger partial charge in [0.2, 0.25) is 0 Å². The number of piperidine rings is 1. The van der Waals surface area contributed by atoms with Crippen LogP contribution in [0.3, 0.4) is 0 Å². The Morgan fingerprint density at radius 2 is 2.18 bits per heavy atom. The molecule has 2 heteroatoms. The predicted octanol–water partition coefficient (Wildman–Crippen LogP) is 3.33. The first-order valence-electron chi connectivity index (χ1n) is 6.76. The summed E-state index contributed by atoms with van der Waals surface area (Å²) in [6.45, 7) is 6.35. The van der Waals surface area contributed by atoms with Crippen molar-refractivity contribution in [3.05, 3.63) is 29.8 Å². The monoisotopic (exact) mass is 233 g/mol. The molecule has 1 aromatic carbocycles. The lowest BCUT2D eigenvalue weighted by Gasteiger charge is -2.29. The van der Waals surface area contributed by atoms with Gasteiger partial charge in [0.05, 0.1) is 6.61 Å². The van der Waals surface area contributed by atoms with Crippen LogP contribution in [0.1, 0.15) is 44.6 Å². The Bertz CT molecular complexity index is 351. The molecule has 1 fully saturated rings. The molecule has 0 aromatic heterocycles. The SMILES string of the molecule is CCCOc1ccccc1C1CCNC(C)C1. The summed E-state index contributed by atoms with van der Waals surface area (Å²) in [5, 5.41) is 3.50. The van der Waals surface area contributed by atoms with Crippen molar-refractivity contribution in [3.8, 4) is 5.75 Å². The summed E-state index contributed by atoms with van der Waals surface area (Å²) in [5.74, 6) is 1.74. The van der Waals surface area contributed by atoms with E-state index in [-0.39, 0.29) is 0 Å². The number of benzene rings is 1. The molecule has 0 bridgehead atoms. The Balaban J connectivity index is 2.12.